The van der Waals surface area contributed by atoms with Gasteiger partial charge in [0.05, 0.1) is 0 Å². The Kier molecular flexibility index (Phi) is 5.94. The topological polar surface area (TPSA) is 15.3 Å². The maximum Gasteiger partial charge on any atom is 0.00992 e. The van der Waals surface area contributed by atoms with Gasteiger partial charge in [-0.25, -0.2) is 0 Å². The molecule has 0 radical (unpaired) electrons. The minimum atomic E-state index is 0.257. The predicted molar refractivity (Wildman–Crippen MR) is 76.5 cm³/mol. The van der Waals surface area contributed by atoms with E-state index in [-0.39, 0.29) is 5.54 Å². The lowest BCUT2D eigenvalue weighted by molar-refractivity contribution is 0.183. The van der Waals surface area contributed by atoms with Crippen LogP contribution in [0.5, 0.6) is 0 Å². The Labute approximate surface area is 108 Å². The first-order valence-electron chi connectivity index (χ1n) is 7.45. The van der Waals surface area contributed by atoms with Gasteiger partial charge in [-0.15, -0.1) is 0 Å². The van der Waals surface area contributed by atoms with Crippen LogP contribution < -0.4 is 5.32 Å². The maximum atomic E-state index is 3.60. The fourth-order valence-electron chi connectivity index (χ4n) is 2.33. The van der Waals surface area contributed by atoms with Gasteiger partial charge in [0.15, 0.2) is 0 Å². The molecule has 0 aromatic heterocycles. The molecule has 102 valence electrons. The summed E-state index contributed by atoms with van der Waals surface area (Å²) in [4.78, 5) is 2.74. The van der Waals surface area contributed by atoms with Gasteiger partial charge in [-0.2, -0.15) is 0 Å². The smallest absolute Gasteiger partial charge is 0.00992 e. The summed E-state index contributed by atoms with van der Waals surface area (Å²) in [5, 5.41) is 3.60. The fraction of sp³-hybridized carbons (Fsp3) is 1.00. The second-order valence-electron chi connectivity index (χ2n) is 6.64. The zero-order valence-corrected chi connectivity index (χ0v) is 12.6. The molecule has 1 fully saturated rings. The minimum Gasteiger partial charge on any atom is -0.312 e. The summed E-state index contributed by atoms with van der Waals surface area (Å²) in [5.74, 6) is 0. The van der Waals surface area contributed by atoms with Gasteiger partial charge in [0.1, 0.15) is 0 Å². The van der Waals surface area contributed by atoms with E-state index in [1.54, 1.807) is 0 Å². The van der Waals surface area contributed by atoms with Crippen molar-refractivity contribution in [3.05, 3.63) is 0 Å². The summed E-state index contributed by atoms with van der Waals surface area (Å²) in [6.45, 7) is 13.9. The van der Waals surface area contributed by atoms with Crippen LogP contribution in [-0.2, 0) is 0 Å². The number of nitrogens with zero attached hydrogens (tertiary/aromatic N) is 1. The molecule has 0 saturated heterocycles. The molecule has 1 N–H and O–H groups in total. The molecule has 0 aliphatic heterocycles. The summed E-state index contributed by atoms with van der Waals surface area (Å²) in [6, 6.07) is 1.65. The number of hydrogen-bond acceptors (Lipinski definition) is 2. The van der Waals surface area contributed by atoms with Crippen molar-refractivity contribution in [2.75, 3.05) is 13.1 Å². The highest BCUT2D eigenvalue weighted by Crippen LogP contribution is 2.29. The Balaban J connectivity index is 2.24. The fourth-order valence-corrected chi connectivity index (χ4v) is 2.33. The van der Waals surface area contributed by atoms with Crippen LogP contribution >= 0.6 is 0 Å². The molecule has 1 aliphatic carbocycles. The first-order chi connectivity index (χ1) is 7.94. The van der Waals surface area contributed by atoms with E-state index < -0.39 is 0 Å². The monoisotopic (exact) mass is 240 g/mol. The van der Waals surface area contributed by atoms with Crippen molar-refractivity contribution in [1.29, 1.82) is 0 Å². The maximum absolute atomic E-state index is 3.60. The van der Waals surface area contributed by atoms with Crippen LogP contribution in [0.25, 0.3) is 0 Å². The molecule has 1 rings (SSSR count). The SMILES string of the molecule is CCCCN(C(C)CCNC(C)(C)C)C1CC1. The van der Waals surface area contributed by atoms with Gasteiger partial charge >= 0.3 is 0 Å². The molecule has 1 atom stereocenters. The summed E-state index contributed by atoms with van der Waals surface area (Å²) in [6.07, 6.45) is 6.81. The van der Waals surface area contributed by atoms with E-state index in [0.717, 1.165) is 18.6 Å². The molecule has 0 spiro atoms. The Morgan fingerprint density at radius 3 is 2.41 bits per heavy atom. The largest absolute Gasteiger partial charge is 0.312 e. The summed E-state index contributed by atoms with van der Waals surface area (Å²) in [7, 11) is 0. The van der Waals surface area contributed by atoms with E-state index in [4.69, 9.17) is 0 Å². The molecule has 2 nitrogen and oxygen atoms in total. The third kappa shape index (κ3) is 6.42. The van der Waals surface area contributed by atoms with E-state index in [9.17, 15) is 0 Å². The molecule has 1 unspecified atom stereocenters. The van der Waals surface area contributed by atoms with E-state index in [0.29, 0.717) is 0 Å². The highest BCUT2D eigenvalue weighted by atomic mass is 15.2. The lowest BCUT2D eigenvalue weighted by atomic mass is 10.1. The molecule has 1 saturated carbocycles. The Bertz CT molecular complexity index is 203. The second-order valence-corrected chi connectivity index (χ2v) is 6.64. The van der Waals surface area contributed by atoms with Crippen molar-refractivity contribution >= 4 is 0 Å². The molecule has 0 heterocycles. The van der Waals surface area contributed by atoms with Crippen molar-refractivity contribution < 1.29 is 0 Å². The average molecular weight is 240 g/mol. The average Bonchev–Trinajstić information content (AvgIpc) is 3.00. The van der Waals surface area contributed by atoms with Crippen LogP contribution in [0.4, 0.5) is 0 Å². The number of nitrogens with one attached hydrogen (secondary N) is 1. The molecule has 0 aromatic rings. The van der Waals surface area contributed by atoms with Gasteiger partial charge in [-0.05, 0) is 66.5 Å². The van der Waals surface area contributed by atoms with Crippen molar-refractivity contribution in [3.63, 3.8) is 0 Å². The van der Waals surface area contributed by atoms with Crippen LogP contribution in [0.2, 0.25) is 0 Å². The van der Waals surface area contributed by atoms with Crippen LogP contribution in [0.15, 0.2) is 0 Å². The van der Waals surface area contributed by atoms with Gasteiger partial charge in [-0.1, -0.05) is 13.3 Å². The predicted octanol–water partition coefficient (Wildman–Crippen LogP) is 3.42. The van der Waals surface area contributed by atoms with E-state index in [1.165, 1.54) is 38.6 Å². The van der Waals surface area contributed by atoms with Gasteiger partial charge in [0.2, 0.25) is 0 Å². The standard InChI is InChI=1S/C15H32N2/c1-6-7-12-17(14-8-9-14)13(2)10-11-16-15(3,4)5/h13-14,16H,6-12H2,1-5H3. The zero-order valence-electron chi connectivity index (χ0n) is 12.6. The van der Waals surface area contributed by atoms with Gasteiger partial charge in [0.25, 0.3) is 0 Å². The normalized spacial score (nSPS) is 18.7. The zero-order chi connectivity index (χ0) is 12.9. The highest BCUT2D eigenvalue weighted by molar-refractivity contribution is 4.87. The Morgan fingerprint density at radius 2 is 1.94 bits per heavy atom. The molecular formula is C15H32N2. The molecule has 2 heteroatoms. The second kappa shape index (κ2) is 6.75. The van der Waals surface area contributed by atoms with Crippen LogP contribution in [0.1, 0.15) is 66.7 Å². The number of rotatable bonds is 8. The van der Waals surface area contributed by atoms with Crippen molar-refractivity contribution in [2.45, 2.75) is 84.3 Å². The number of hydrogen-bond donors (Lipinski definition) is 1. The van der Waals surface area contributed by atoms with Gasteiger partial charge in [0, 0.05) is 17.6 Å². The van der Waals surface area contributed by atoms with E-state index >= 15 is 0 Å². The lowest BCUT2D eigenvalue weighted by Crippen LogP contribution is -2.41. The Hall–Kier alpha value is -0.0800. The summed E-state index contributed by atoms with van der Waals surface area (Å²) >= 11 is 0. The van der Waals surface area contributed by atoms with Crippen LogP contribution in [-0.4, -0.2) is 35.6 Å². The first-order valence-corrected chi connectivity index (χ1v) is 7.45. The van der Waals surface area contributed by atoms with Gasteiger partial charge in [-0.3, -0.25) is 4.90 Å². The van der Waals surface area contributed by atoms with Crippen molar-refractivity contribution in [3.8, 4) is 0 Å². The molecule has 1 aliphatic rings. The first kappa shape index (κ1) is 15.0. The highest BCUT2D eigenvalue weighted by Gasteiger charge is 2.31. The van der Waals surface area contributed by atoms with Crippen LogP contribution in [0.3, 0.4) is 0 Å². The Morgan fingerprint density at radius 1 is 1.29 bits per heavy atom. The minimum absolute atomic E-state index is 0.257. The third-order valence-corrected chi connectivity index (χ3v) is 3.57. The number of unbranched alkanes of at least 4 members (excludes halogenated alkanes) is 1. The summed E-state index contributed by atoms with van der Waals surface area (Å²) < 4.78 is 0. The molecule has 0 aromatic carbocycles. The molecular weight excluding hydrogens is 208 g/mol. The molecule has 17 heavy (non-hydrogen) atoms. The van der Waals surface area contributed by atoms with Crippen LogP contribution in [0, 0.1) is 0 Å². The molecule has 0 bridgehead atoms. The van der Waals surface area contributed by atoms with Gasteiger partial charge < -0.3 is 5.32 Å². The molecule has 0 amide bonds. The van der Waals surface area contributed by atoms with Crippen molar-refractivity contribution in [1.82, 2.24) is 10.2 Å². The van der Waals surface area contributed by atoms with Crippen molar-refractivity contribution in [2.24, 2.45) is 0 Å². The van der Waals surface area contributed by atoms with E-state index in [2.05, 4.69) is 44.8 Å². The van der Waals surface area contributed by atoms with E-state index in [1.807, 2.05) is 0 Å². The quantitative estimate of drug-likeness (QED) is 0.699. The summed E-state index contributed by atoms with van der Waals surface area (Å²) in [5.41, 5.74) is 0.257. The third-order valence-electron chi connectivity index (χ3n) is 3.57. The lowest BCUT2D eigenvalue weighted by Gasteiger charge is -2.30.